The summed E-state index contributed by atoms with van der Waals surface area (Å²) in [7, 11) is 0. The predicted octanol–water partition coefficient (Wildman–Crippen LogP) is 0.156. The fraction of sp³-hybridized carbons (Fsp3) is 0.333. The third-order valence-electron chi connectivity index (χ3n) is 2.98. The Morgan fingerprint density at radius 1 is 1.41 bits per heavy atom. The molecule has 3 N–H and O–H groups in total. The van der Waals surface area contributed by atoms with Gasteiger partial charge in [-0.3, -0.25) is 14.5 Å². The molecule has 1 unspecified atom stereocenters. The zero-order valence-corrected chi connectivity index (χ0v) is 9.30. The molecule has 17 heavy (non-hydrogen) atoms. The van der Waals surface area contributed by atoms with Gasteiger partial charge in [0, 0.05) is 6.54 Å². The van der Waals surface area contributed by atoms with E-state index in [-0.39, 0.29) is 6.54 Å². The van der Waals surface area contributed by atoms with E-state index in [4.69, 9.17) is 5.73 Å². The Kier molecular flexibility index (Phi) is 3.10. The molecule has 1 aliphatic heterocycles. The smallest absolute Gasteiger partial charge is 0.325 e. The van der Waals surface area contributed by atoms with Gasteiger partial charge >= 0.3 is 5.97 Å². The summed E-state index contributed by atoms with van der Waals surface area (Å²) in [6.45, 7) is 0.516. The number of amides is 1. The Labute approximate surface area is 98.8 Å². The van der Waals surface area contributed by atoms with Gasteiger partial charge in [-0.1, -0.05) is 24.3 Å². The van der Waals surface area contributed by atoms with Crippen molar-refractivity contribution in [1.29, 1.82) is 0 Å². The fourth-order valence-electron chi connectivity index (χ4n) is 2.28. The Morgan fingerprint density at radius 3 is 2.76 bits per heavy atom. The minimum Gasteiger partial charge on any atom is -0.480 e. The second-order valence-corrected chi connectivity index (χ2v) is 4.13. The van der Waals surface area contributed by atoms with Crippen LogP contribution in [0.2, 0.25) is 0 Å². The van der Waals surface area contributed by atoms with Crippen molar-refractivity contribution in [3.05, 3.63) is 35.4 Å². The SMILES string of the molecule is NC(=O)CN1CCc2ccccc2C1C(=O)O. The minimum absolute atomic E-state index is 0.0225. The van der Waals surface area contributed by atoms with E-state index in [0.717, 1.165) is 17.5 Å². The molecule has 90 valence electrons. The molecule has 5 nitrogen and oxygen atoms in total. The van der Waals surface area contributed by atoms with Crippen LogP contribution in [-0.4, -0.2) is 35.0 Å². The first-order valence-corrected chi connectivity index (χ1v) is 5.42. The number of carboxylic acid groups (broad SMARTS) is 1. The molecule has 0 spiro atoms. The summed E-state index contributed by atoms with van der Waals surface area (Å²) in [4.78, 5) is 23.9. The average molecular weight is 234 g/mol. The number of rotatable bonds is 3. The van der Waals surface area contributed by atoms with Crippen molar-refractivity contribution in [2.45, 2.75) is 12.5 Å². The van der Waals surface area contributed by atoms with Gasteiger partial charge in [0.1, 0.15) is 6.04 Å². The molecule has 0 saturated carbocycles. The number of nitrogens with two attached hydrogens (primary N) is 1. The van der Waals surface area contributed by atoms with E-state index in [1.165, 1.54) is 0 Å². The van der Waals surface area contributed by atoms with Crippen LogP contribution in [0.25, 0.3) is 0 Å². The van der Waals surface area contributed by atoms with Crippen LogP contribution in [0.3, 0.4) is 0 Å². The standard InChI is InChI=1S/C12H14N2O3/c13-10(15)7-14-6-5-8-3-1-2-4-9(8)11(14)12(16)17/h1-4,11H,5-7H2,(H2,13,15)(H,16,17). The van der Waals surface area contributed by atoms with Gasteiger partial charge in [0.25, 0.3) is 0 Å². The topological polar surface area (TPSA) is 83.6 Å². The first-order valence-electron chi connectivity index (χ1n) is 5.42. The van der Waals surface area contributed by atoms with E-state index in [0.29, 0.717) is 6.54 Å². The Hall–Kier alpha value is -1.88. The van der Waals surface area contributed by atoms with E-state index in [9.17, 15) is 14.7 Å². The molecule has 0 saturated heterocycles. The highest BCUT2D eigenvalue weighted by molar-refractivity contribution is 5.80. The Balaban J connectivity index is 2.36. The number of carbonyl (C=O) groups excluding carboxylic acids is 1. The molecule has 2 rings (SSSR count). The van der Waals surface area contributed by atoms with Crippen LogP contribution in [0.1, 0.15) is 17.2 Å². The number of primary amides is 1. The van der Waals surface area contributed by atoms with Gasteiger partial charge in [0.2, 0.25) is 5.91 Å². The molecular formula is C12H14N2O3. The molecule has 0 radical (unpaired) electrons. The third kappa shape index (κ3) is 2.29. The number of hydrogen-bond acceptors (Lipinski definition) is 3. The monoisotopic (exact) mass is 234 g/mol. The number of aliphatic carboxylic acids is 1. The van der Waals surface area contributed by atoms with Gasteiger partial charge in [-0.05, 0) is 17.5 Å². The molecule has 1 heterocycles. The Morgan fingerprint density at radius 2 is 2.12 bits per heavy atom. The highest BCUT2D eigenvalue weighted by Gasteiger charge is 2.33. The second-order valence-electron chi connectivity index (χ2n) is 4.13. The maximum Gasteiger partial charge on any atom is 0.325 e. The number of carbonyl (C=O) groups is 2. The summed E-state index contributed by atoms with van der Waals surface area (Å²) < 4.78 is 0. The second kappa shape index (κ2) is 4.55. The van der Waals surface area contributed by atoms with Crippen molar-refractivity contribution in [2.75, 3.05) is 13.1 Å². The summed E-state index contributed by atoms with van der Waals surface area (Å²) >= 11 is 0. The quantitative estimate of drug-likeness (QED) is 0.780. The lowest BCUT2D eigenvalue weighted by atomic mass is 9.92. The molecule has 1 aromatic carbocycles. The molecule has 5 heteroatoms. The lowest BCUT2D eigenvalue weighted by Gasteiger charge is -2.33. The van der Waals surface area contributed by atoms with Gasteiger partial charge in [-0.2, -0.15) is 0 Å². The van der Waals surface area contributed by atoms with E-state index < -0.39 is 17.9 Å². The molecule has 1 aliphatic rings. The summed E-state index contributed by atoms with van der Waals surface area (Å²) in [5, 5.41) is 9.27. The fourth-order valence-corrected chi connectivity index (χ4v) is 2.28. The molecule has 1 amide bonds. The molecule has 0 aromatic heterocycles. The van der Waals surface area contributed by atoms with E-state index >= 15 is 0 Å². The van der Waals surface area contributed by atoms with Crippen LogP contribution in [0.5, 0.6) is 0 Å². The number of benzene rings is 1. The molecule has 1 aromatic rings. The lowest BCUT2D eigenvalue weighted by molar-refractivity contribution is -0.144. The molecule has 0 aliphatic carbocycles. The van der Waals surface area contributed by atoms with Gasteiger partial charge < -0.3 is 10.8 Å². The van der Waals surface area contributed by atoms with Crippen LogP contribution in [-0.2, 0) is 16.0 Å². The molecule has 0 fully saturated rings. The maximum atomic E-state index is 11.3. The number of fused-ring (bicyclic) bond motifs is 1. The first-order chi connectivity index (χ1) is 8.09. The van der Waals surface area contributed by atoms with Gasteiger partial charge in [-0.15, -0.1) is 0 Å². The summed E-state index contributed by atoms with van der Waals surface area (Å²) in [5.41, 5.74) is 6.92. The van der Waals surface area contributed by atoms with Crippen molar-refractivity contribution in [3.63, 3.8) is 0 Å². The van der Waals surface area contributed by atoms with Crippen molar-refractivity contribution < 1.29 is 14.7 Å². The molecule has 0 bridgehead atoms. The number of nitrogens with zero attached hydrogens (tertiary/aromatic N) is 1. The van der Waals surface area contributed by atoms with Crippen molar-refractivity contribution in [1.82, 2.24) is 4.90 Å². The van der Waals surface area contributed by atoms with Crippen molar-refractivity contribution >= 4 is 11.9 Å². The van der Waals surface area contributed by atoms with Crippen LogP contribution in [0.15, 0.2) is 24.3 Å². The van der Waals surface area contributed by atoms with Gasteiger partial charge in [-0.25, -0.2) is 0 Å². The van der Waals surface area contributed by atoms with E-state index in [1.807, 2.05) is 18.2 Å². The summed E-state index contributed by atoms with van der Waals surface area (Å²) in [6, 6.07) is 6.64. The minimum atomic E-state index is -0.946. The third-order valence-corrected chi connectivity index (χ3v) is 2.98. The van der Waals surface area contributed by atoms with Gasteiger partial charge in [0.05, 0.1) is 6.54 Å². The zero-order valence-electron chi connectivity index (χ0n) is 9.30. The number of carboxylic acids is 1. The largest absolute Gasteiger partial charge is 0.480 e. The van der Waals surface area contributed by atoms with E-state index in [2.05, 4.69) is 0 Å². The molecular weight excluding hydrogens is 220 g/mol. The van der Waals surface area contributed by atoms with Gasteiger partial charge in [0.15, 0.2) is 0 Å². The van der Waals surface area contributed by atoms with Crippen LogP contribution in [0, 0.1) is 0 Å². The highest BCUT2D eigenvalue weighted by Crippen LogP contribution is 2.29. The van der Waals surface area contributed by atoms with Crippen molar-refractivity contribution in [2.24, 2.45) is 5.73 Å². The predicted molar refractivity (Wildman–Crippen MR) is 61.3 cm³/mol. The normalized spacial score (nSPS) is 19.6. The van der Waals surface area contributed by atoms with E-state index in [1.54, 1.807) is 11.0 Å². The summed E-state index contributed by atoms with van der Waals surface area (Å²) in [6.07, 6.45) is 0.743. The lowest BCUT2D eigenvalue weighted by Crippen LogP contribution is -2.44. The van der Waals surface area contributed by atoms with Crippen LogP contribution < -0.4 is 5.73 Å². The average Bonchev–Trinajstić information content (AvgIpc) is 2.27. The molecule has 1 atom stereocenters. The first kappa shape index (κ1) is 11.6. The number of hydrogen-bond donors (Lipinski definition) is 2. The van der Waals surface area contributed by atoms with Crippen LogP contribution in [0.4, 0.5) is 0 Å². The zero-order chi connectivity index (χ0) is 12.4. The summed E-state index contributed by atoms with van der Waals surface area (Å²) in [5.74, 6) is -1.45. The highest BCUT2D eigenvalue weighted by atomic mass is 16.4. The van der Waals surface area contributed by atoms with Crippen molar-refractivity contribution in [3.8, 4) is 0 Å². The maximum absolute atomic E-state index is 11.3. The Bertz CT molecular complexity index is 459. The van der Waals surface area contributed by atoms with Crippen LogP contribution >= 0.6 is 0 Å².